The molecular formula is C20H14ClNO. The van der Waals surface area contributed by atoms with Gasteiger partial charge >= 0.3 is 0 Å². The van der Waals surface area contributed by atoms with Crippen LogP contribution in [0.15, 0.2) is 71.9 Å². The zero-order valence-electron chi connectivity index (χ0n) is 12.3. The third-order valence-corrected chi connectivity index (χ3v) is 4.54. The molecule has 0 amide bonds. The summed E-state index contributed by atoms with van der Waals surface area (Å²) < 4.78 is 0. The molecule has 2 nitrogen and oxygen atoms in total. The van der Waals surface area contributed by atoms with E-state index in [1.807, 2.05) is 18.2 Å². The smallest absolute Gasteiger partial charge is 0.117 e. The molecule has 3 aromatic rings. The van der Waals surface area contributed by atoms with E-state index in [0.717, 1.165) is 17.5 Å². The Kier molecular flexibility index (Phi) is 3.40. The van der Waals surface area contributed by atoms with E-state index in [4.69, 9.17) is 11.6 Å². The average molecular weight is 320 g/mol. The first-order chi connectivity index (χ1) is 11.3. The van der Waals surface area contributed by atoms with Gasteiger partial charge in [-0.15, -0.1) is 0 Å². The Balaban J connectivity index is 1.76. The number of oxime groups is 1. The third kappa shape index (κ3) is 2.41. The molecular weight excluding hydrogens is 306 g/mol. The second-order valence-corrected chi connectivity index (χ2v) is 6.10. The van der Waals surface area contributed by atoms with E-state index >= 15 is 0 Å². The fourth-order valence-electron chi connectivity index (χ4n) is 3.18. The molecule has 0 aliphatic heterocycles. The highest BCUT2D eigenvalue weighted by Crippen LogP contribution is 2.37. The van der Waals surface area contributed by atoms with Crippen molar-refractivity contribution in [1.82, 2.24) is 0 Å². The highest BCUT2D eigenvalue weighted by atomic mass is 35.5. The Morgan fingerprint density at radius 3 is 2.30 bits per heavy atom. The van der Waals surface area contributed by atoms with Crippen molar-refractivity contribution in [1.29, 1.82) is 0 Å². The predicted octanol–water partition coefficient (Wildman–Crippen LogP) is 5.14. The van der Waals surface area contributed by atoms with Crippen LogP contribution in [0, 0.1) is 0 Å². The molecule has 1 aliphatic carbocycles. The summed E-state index contributed by atoms with van der Waals surface area (Å²) in [6, 6.07) is 22.0. The van der Waals surface area contributed by atoms with Gasteiger partial charge in [-0.25, -0.2) is 0 Å². The number of nitrogens with zero attached hydrogens (tertiary/aromatic N) is 1. The van der Waals surface area contributed by atoms with Gasteiger partial charge in [0.05, 0.1) is 0 Å². The quantitative estimate of drug-likeness (QED) is 0.310. The maximum absolute atomic E-state index is 9.48. The molecule has 0 saturated carbocycles. The molecule has 0 radical (unpaired) electrons. The van der Waals surface area contributed by atoms with E-state index in [0.29, 0.717) is 10.7 Å². The number of rotatable bonds is 2. The molecule has 0 bridgehead atoms. The fourth-order valence-corrected chi connectivity index (χ4v) is 3.31. The fraction of sp³-hybridized carbons (Fsp3) is 0.0500. The van der Waals surface area contributed by atoms with Gasteiger partial charge in [0.15, 0.2) is 0 Å². The van der Waals surface area contributed by atoms with E-state index in [9.17, 15) is 5.21 Å². The topological polar surface area (TPSA) is 32.6 Å². The molecule has 0 unspecified atom stereocenters. The lowest BCUT2D eigenvalue weighted by atomic mass is 9.97. The molecule has 0 fully saturated rings. The largest absolute Gasteiger partial charge is 0.410 e. The van der Waals surface area contributed by atoms with Gasteiger partial charge in [-0.1, -0.05) is 65.3 Å². The van der Waals surface area contributed by atoms with Crippen molar-refractivity contribution >= 4 is 17.3 Å². The molecule has 0 heterocycles. The Labute approximate surface area is 139 Å². The summed E-state index contributed by atoms with van der Waals surface area (Å²) in [5.41, 5.74) is 7.46. The Hall–Kier alpha value is -2.58. The summed E-state index contributed by atoms with van der Waals surface area (Å²) in [5, 5.41) is 13.6. The van der Waals surface area contributed by atoms with Crippen molar-refractivity contribution in [3.8, 4) is 11.1 Å². The van der Waals surface area contributed by atoms with Crippen molar-refractivity contribution in [3.63, 3.8) is 0 Å². The van der Waals surface area contributed by atoms with Crippen LogP contribution in [-0.4, -0.2) is 10.9 Å². The third-order valence-electron chi connectivity index (χ3n) is 4.28. The first-order valence-electron chi connectivity index (χ1n) is 7.46. The Bertz CT molecular complexity index is 913. The highest BCUT2D eigenvalue weighted by molar-refractivity contribution is 6.30. The van der Waals surface area contributed by atoms with Gasteiger partial charge in [0.25, 0.3) is 0 Å². The molecule has 1 N–H and O–H groups in total. The second kappa shape index (κ2) is 5.56. The molecule has 23 heavy (non-hydrogen) atoms. The lowest BCUT2D eigenvalue weighted by Crippen LogP contribution is -2.04. The lowest BCUT2D eigenvalue weighted by Gasteiger charge is -2.08. The van der Waals surface area contributed by atoms with Crippen LogP contribution < -0.4 is 0 Å². The van der Waals surface area contributed by atoms with Gasteiger partial charge in [-0.2, -0.15) is 0 Å². The van der Waals surface area contributed by atoms with Crippen LogP contribution in [0.3, 0.4) is 0 Å². The van der Waals surface area contributed by atoms with E-state index in [1.54, 1.807) is 12.1 Å². The Morgan fingerprint density at radius 2 is 1.52 bits per heavy atom. The SMILES string of the molecule is ON=C(c1ccc(Cl)cc1)c1ccc2c(c1)Cc1ccccc1-2. The van der Waals surface area contributed by atoms with E-state index in [2.05, 4.69) is 41.6 Å². The number of hydrogen-bond acceptors (Lipinski definition) is 2. The molecule has 0 spiro atoms. The maximum atomic E-state index is 9.48. The van der Waals surface area contributed by atoms with Crippen LogP contribution >= 0.6 is 11.6 Å². The van der Waals surface area contributed by atoms with E-state index in [1.165, 1.54) is 22.3 Å². The van der Waals surface area contributed by atoms with Gasteiger partial charge in [0, 0.05) is 16.1 Å². The second-order valence-electron chi connectivity index (χ2n) is 5.66. The molecule has 0 saturated heterocycles. The molecule has 0 aromatic heterocycles. The van der Waals surface area contributed by atoms with Gasteiger partial charge < -0.3 is 5.21 Å². The monoisotopic (exact) mass is 319 g/mol. The number of halogens is 1. The molecule has 1 aliphatic rings. The van der Waals surface area contributed by atoms with Crippen LogP contribution in [-0.2, 0) is 6.42 Å². The van der Waals surface area contributed by atoms with Crippen molar-refractivity contribution in [2.45, 2.75) is 6.42 Å². The van der Waals surface area contributed by atoms with Crippen LogP contribution in [0.2, 0.25) is 5.02 Å². The molecule has 3 aromatic carbocycles. The van der Waals surface area contributed by atoms with Crippen molar-refractivity contribution < 1.29 is 5.21 Å². The first kappa shape index (κ1) is 14.0. The summed E-state index contributed by atoms with van der Waals surface area (Å²) >= 11 is 5.93. The van der Waals surface area contributed by atoms with Gasteiger partial charge in [-0.3, -0.25) is 0 Å². The summed E-state index contributed by atoms with van der Waals surface area (Å²) in [7, 11) is 0. The normalized spacial score (nSPS) is 12.8. The average Bonchev–Trinajstić information content (AvgIpc) is 2.95. The zero-order valence-corrected chi connectivity index (χ0v) is 13.1. The van der Waals surface area contributed by atoms with Gasteiger partial charge in [0.1, 0.15) is 5.71 Å². The maximum Gasteiger partial charge on any atom is 0.117 e. The van der Waals surface area contributed by atoms with Crippen LogP contribution in [0.1, 0.15) is 22.3 Å². The molecule has 0 atom stereocenters. The summed E-state index contributed by atoms with van der Waals surface area (Å²) in [4.78, 5) is 0. The molecule has 4 rings (SSSR count). The van der Waals surface area contributed by atoms with Crippen molar-refractivity contribution in [2.75, 3.05) is 0 Å². The van der Waals surface area contributed by atoms with Crippen LogP contribution in [0.4, 0.5) is 0 Å². The standard InChI is InChI=1S/C20H14ClNO/c21-17-8-5-13(6-9-17)20(22-23)15-7-10-19-16(12-15)11-14-3-1-2-4-18(14)19/h1-10,12,23H,11H2. The Morgan fingerprint density at radius 1 is 0.826 bits per heavy atom. The zero-order chi connectivity index (χ0) is 15.8. The number of benzene rings is 3. The molecule has 112 valence electrons. The summed E-state index contributed by atoms with van der Waals surface area (Å²) in [6.45, 7) is 0. The van der Waals surface area contributed by atoms with Crippen molar-refractivity contribution in [2.24, 2.45) is 5.16 Å². The van der Waals surface area contributed by atoms with E-state index < -0.39 is 0 Å². The minimum Gasteiger partial charge on any atom is -0.410 e. The lowest BCUT2D eigenvalue weighted by molar-refractivity contribution is 0.319. The van der Waals surface area contributed by atoms with Gasteiger partial charge in [-0.05, 0) is 46.9 Å². The van der Waals surface area contributed by atoms with Crippen molar-refractivity contribution in [3.05, 3.63) is 94.0 Å². The van der Waals surface area contributed by atoms with Crippen LogP contribution in [0.5, 0.6) is 0 Å². The predicted molar refractivity (Wildman–Crippen MR) is 93.6 cm³/mol. The first-order valence-corrected chi connectivity index (χ1v) is 7.83. The highest BCUT2D eigenvalue weighted by Gasteiger charge is 2.19. The summed E-state index contributed by atoms with van der Waals surface area (Å²) in [6.07, 6.45) is 0.915. The number of fused-ring (bicyclic) bond motifs is 3. The van der Waals surface area contributed by atoms with Crippen LogP contribution in [0.25, 0.3) is 11.1 Å². The summed E-state index contributed by atoms with van der Waals surface area (Å²) in [5.74, 6) is 0. The van der Waals surface area contributed by atoms with Gasteiger partial charge in [0.2, 0.25) is 0 Å². The molecule has 3 heteroatoms. The minimum absolute atomic E-state index is 0.556. The minimum atomic E-state index is 0.556. The van der Waals surface area contributed by atoms with E-state index in [-0.39, 0.29) is 0 Å². The number of hydrogen-bond donors (Lipinski definition) is 1.